The van der Waals surface area contributed by atoms with Gasteiger partial charge in [-0.1, -0.05) is 18.6 Å². The van der Waals surface area contributed by atoms with Gasteiger partial charge < -0.3 is 42.0 Å². The maximum Gasteiger partial charge on any atom is 0.319 e. The highest BCUT2D eigenvalue weighted by molar-refractivity contribution is 7.08. The van der Waals surface area contributed by atoms with E-state index < -0.39 is 47.3 Å². The summed E-state index contributed by atoms with van der Waals surface area (Å²) < 4.78 is 10.6. The average molecular weight is 616 g/mol. The molecule has 13 nitrogen and oxygen atoms in total. The Morgan fingerprint density at radius 2 is 1.86 bits per heavy atom. The zero-order valence-electron chi connectivity index (χ0n) is 23.6. The third-order valence-corrected chi connectivity index (χ3v) is 7.71. The van der Waals surface area contributed by atoms with Crippen LogP contribution in [0.15, 0.2) is 53.4 Å². The van der Waals surface area contributed by atoms with E-state index in [1.165, 1.54) is 17.6 Å². The number of amides is 4. The fourth-order valence-corrected chi connectivity index (χ4v) is 5.02. The van der Waals surface area contributed by atoms with Crippen molar-refractivity contribution in [2.45, 2.75) is 57.2 Å². The summed E-state index contributed by atoms with van der Waals surface area (Å²) in [5.41, 5.74) is 11.7. The number of carboxylic acid groups (broad SMARTS) is 1. The zero-order chi connectivity index (χ0) is 31.2. The van der Waals surface area contributed by atoms with Crippen LogP contribution in [-0.2, 0) is 35.3 Å². The van der Waals surface area contributed by atoms with E-state index in [9.17, 15) is 29.1 Å². The summed E-state index contributed by atoms with van der Waals surface area (Å²) >= 11 is 1.51. The van der Waals surface area contributed by atoms with Crippen molar-refractivity contribution in [3.05, 3.63) is 64.6 Å². The van der Waals surface area contributed by atoms with Crippen molar-refractivity contribution in [3.8, 4) is 0 Å². The topological polar surface area (TPSA) is 212 Å². The number of esters is 1. The molecular weight excluding hydrogens is 578 g/mol. The minimum Gasteiger partial charge on any atom is -0.497 e. The second-order valence-electron chi connectivity index (χ2n) is 10.1. The van der Waals surface area contributed by atoms with Crippen LogP contribution in [0.4, 0.5) is 10.5 Å². The van der Waals surface area contributed by atoms with Crippen molar-refractivity contribution >= 4 is 46.8 Å². The summed E-state index contributed by atoms with van der Waals surface area (Å²) in [6.07, 6.45) is 4.58. The van der Waals surface area contributed by atoms with Gasteiger partial charge in [0.2, 0.25) is 11.8 Å². The number of carboxylic acids is 1. The van der Waals surface area contributed by atoms with E-state index in [1.807, 2.05) is 16.8 Å². The predicted octanol–water partition coefficient (Wildman–Crippen LogP) is 2.54. The van der Waals surface area contributed by atoms with E-state index in [-0.39, 0.29) is 45.4 Å². The Labute approximate surface area is 253 Å². The Bertz CT molecular complexity index is 1280. The van der Waals surface area contributed by atoms with Gasteiger partial charge in [0.1, 0.15) is 24.7 Å². The van der Waals surface area contributed by atoms with Gasteiger partial charge in [0.25, 0.3) is 0 Å². The van der Waals surface area contributed by atoms with Crippen LogP contribution in [0.1, 0.15) is 55.7 Å². The summed E-state index contributed by atoms with van der Waals surface area (Å²) in [7, 11) is 0. The largest absolute Gasteiger partial charge is 0.497 e. The first-order chi connectivity index (χ1) is 20.6. The molecule has 1 fully saturated rings. The molecule has 1 heterocycles. The highest BCUT2D eigenvalue weighted by Gasteiger charge is 2.51. The van der Waals surface area contributed by atoms with Crippen LogP contribution in [-0.4, -0.2) is 54.1 Å². The van der Waals surface area contributed by atoms with Crippen molar-refractivity contribution in [3.63, 3.8) is 0 Å². The Hall–Kier alpha value is -4.43. The average Bonchev–Trinajstić information content (AvgIpc) is 3.47. The molecule has 0 bridgehead atoms. The monoisotopic (exact) mass is 615 g/mol. The number of rotatable bonds is 17. The summed E-state index contributed by atoms with van der Waals surface area (Å²) in [4.78, 5) is 60.4. The van der Waals surface area contributed by atoms with Gasteiger partial charge in [-0.15, -0.1) is 0 Å². The number of primary amides is 1. The van der Waals surface area contributed by atoms with Crippen LogP contribution in [0.25, 0.3) is 0 Å². The smallest absolute Gasteiger partial charge is 0.319 e. The minimum atomic E-state index is -1.53. The van der Waals surface area contributed by atoms with Crippen molar-refractivity contribution in [1.29, 1.82) is 0 Å². The molecule has 8 N–H and O–H groups in total. The Morgan fingerprint density at radius 1 is 1.12 bits per heavy atom. The van der Waals surface area contributed by atoms with Gasteiger partial charge in [-0.25, -0.2) is 4.79 Å². The lowest BCUT2D eigenvalue weighted by molar-refractivity contribution is -0.162. The van der Waals surface area contributed by atoms with E-state index >= 15 is 0 Å². The van der Waals surface area contributed by atoms with Crippen molar-refractivity contribution < 1.29 is 38.6 Å². The quantitative estimate of drug-likeness (QED) is 0.0667. The van der Waals surface area contributed by atoms with Crippen molar-refractivity contribution in [2.24, 2.45) is 16.9 Å². The number of nitrogens with two attached hydrogens (primary N) is 2. The second-order valence-corrected chi connectivity index (χ2v) is 10.9. The standard InChI is InChI=1S/C29H37N5O8S/c30-22(20-9-15-43-18-20)16-24(35)42-14-3-13-41-17-19-5-7-21(8-6-19)33-25(36)23(4-1-12-32-28(31)40)34-26(37)29(27(38)39)10-2-11-29/h3,5-9,13,15,18,22-23H,1-2,4,10-12,14,16-17,30H2,(H,33,36)(H,34,37)(H,38,39)(H3,31,32,40)/b13-3+/t22?,23-/m0/s1. The molecule has 2 aromatic rings. The molecule has 0 aliphatic heterocycles. The molecule has 2 atom stereocenters. The van der Waals surface area contributed by atoms with Crippen LogP contribution in [0, 0.1) is 5.41 Å². The number of hydrogen-bond donors (Lipinski definition) is 6. The molecule has 1 aromatic carbocycles. The Morgan fingerprint density at radius 3 is 2.47 bits per heavy atom. The van der Waals surface area contributed by atoms with E-state index in [1.54, 1.807) is 30.3 Å². The minimum absolute atomic E-state index is 0.0457. The molecular formula is C29H37N5O8S. The number of aliphatic carboxylic acids is 1. The van der Waals surface area contributed by atoms with Crippen molar-refractivity contribution in [1.82, 2.24) is 10.6 Å². The molecule has 43 heavy (non-hydrogen) atoms. The third kappa shape index (κ3) is 10.1. The third-order valence-electron chi connectivity index (χ3n) is 7.00. The summed E-state index contributed by atoms with van der Waals surface area (Å²) in [5, 5.41) is 21.1. The molecule has 0 spiro atoms. The van der Waals surface area contributed by atoms with Gasteiger partial charge in [0, 0.05) is 18.3 Å². The lowest BCUT2D eigenvalue weighted by Crippen LogP contribution is -2.55. The van der Waals surface area contributed by atoms with E-state index in [0.717, 1.165) is 11.1 Å². The van der Waals surface area contributed by atoms with Gasteiger partial charge in [-0.2, -0.15) is 11.3 Å². The first kappa shape index (κ1) is 33.1. The number of carbonyl (C=O) groups excluding carboxylic acids is 4. The van der Waals surface area contributed by atoms with E-state index in [0.29, 0.717) is 18.5 Å². The van der Waals surface area contributed by atoms with Gasteiger partial charge in [-0.05, 0) is 71.8 Å². The van der Waals surface area contributed by atoms with Gasteiger partial charge in [0.05, 0.1) is 12.7 Å². The summed E-state index contributed by atoms with van der Waals surface area (Å²) in [6.45, 7) is 0.461. The lowest BCUT2D eigenvalue weighted by atomic mass is 9.68. The van der Waals surface area contributed by atoms with Gasteiger partial charge in [-0.3, -0.25) is 19.2 Å². The fraction of sp³-hybridized carbons (Fsp3) is 0.414. The normalized spacial score (nSPS) is 15.0. The fourth-order valence-electron chi connectivity index (χ4n) is 4.30. The molecule has 1 aliphatic rings. The number of nitrogens with one attached hydrogen (secondary N) is 3. The van der Waals surface area contributed by atoms with Crippen LogP contribution in [0.5, 0.6) is 0 Å². The first-order valence-electron chi connectivity index (χ1n) is 13.8. The molecule has 1 aromatic heterocycles. The van der Waals surface area contributed by atoms with E-state index in [4.69, 9.17) is 20.9 Å². The molecule has 1 saturated carbocycles. The number of anilines is 1. The molecule has 3 rings (SSSR count). The lowest BCUT2D eigenvalue weighted by Gasteiger charge is -2.36. The highest BCUT2D eigenvalue weighted by atomic mass is 32.1. The van der Waals surface area contributed by atoms with Gasteiger partial charge in [0.15, 0.2) is 0 Å². The summed E-state index contributed by atoms with van der Waals surface area (Å²) in [5.74, 6) is -2.85. The van der Waals surface area contributed by atoms with E-state index in [2.05, 4.69) is 16.0 Å². The molecule has 0 radical (unpaired) electrons. The Kier molecular flexibility index (Phi) is 12.5. The number of hydrogen-bond acceptors (Lipinski definition) is 9. The van der Waals surface area contributed by atoms with Crippen LogP contribution in [0.3, 0.4) is 0 Å². The number of benzene rings is 1. The Balaban J connectivity index is 1.44. The van der Waals surface area contributed by atoms with Crippen LogP contribution >= 0.6 is 11.3 Å². The molecule has 1 unspecified atom stereocenters. The molecule has 0 saturated heterocycles. The molecule has 14 heteroatoms. The number of carbonyl (C=O) groups is 5. The zero-order valence-corrected chi connectivity index (χ0v) is 24.4. The predicted molar refractivity (Wildman–Crippen MR) is 158 cm³/mol. The molecule has 4 amide bonds. The number of urea groups is 1. The summed E-state index contributed by atoms with van der Waals surface area (Å²) in [6, 6.07) is 6.55. The maximum atomic E-state index is 13.0. The maximum absolute atomic E-state index is 13.0. The van der Waals surface area contributed by atoms with Crippen molar-refractivity contribution in [2.75, 3.05) is 18.5 Å². The first-order valence-corrected chi connectivity index (χ1v) is 14.7. The van der Waals surface area contributed by atoms with Crippen LogP contribution in [0.2, 0.25) is 0 Å². The number of ether oxygens (including phenoxy) is 2. The SMILES string of the molecule is NC(=O)NCCC[C@H](NC(=O)C1(C(=O)O)CCC1)C(=O)Nc1ccc(CO/C=C/COC(=O)CC(N)c2ccsc2)cc1. The molecule has 232 valence electrons. The highest BCUT2D eigenvalue weighted by Crippen LogP contribution is 2.41. The second kappa shape index (κ2) is 16.3. The number of thiophene rings is 1. The molecule has 1 aliphatic carbocycles. The van der Waals surface area contributed by atoms with Gasteiger partial charge >= 0.3 is 18.0 Å². The van der Waals surface area contributed by atoms with Crippen LogP contribution < -0.4 is 27.4 Å².